The third-order valence-electron chi connectivity index (χ3n) is 3.76. The highest BCUT2D eigenvalue weighted by Crippen LogP contribution is 2.35. The molecular formula is C14H19N3OS2. The Kier molecular flexibility index (Phi) is 4.43. The average Bonchev–Trinajstić information content (AvgIpc) is 3.10. The summed E-state index contributed by atoms with van der Waals surface area (Å²) in [7, 11) is 3.86. The Morgan fingerprint density at radius 2 is 2.30 bits per heavy atom. The van der Waals surface area contributed by atoms with E-state index in [0.29, 0.717) is 11.4 Å². The molecule has 1 fully saturated rings. The van der Waals surface area contributed by atoms with Crippen LogP contribution in [0.25, 0.3) is 10.7 Å². The number of hydrogen-bond acceptors (Lipinski definition) is 5. The summed E-state index contributed by atoms with van der Waals surface area (Å²) >= 11 is 3.54. The van der Waals surface area contributed by atoms with Crippen LogP contribution < -0.4 is 0 Å². The van der Waals surface area contributed by atoms with Gasteiger partial charge in [0.25, 0.3) is 0 Å². The molecule has 0 spiro atoms. The van der Waals surface area contributed by atoms with Crippen LogP contribution in [0.4, 0.5) is 0 Å². The minimum absolute atomic E-state index is 0.409. The Morgan fingerprint density at radius 1 is 1.40 bits per heavy atom. The van der Waals surface area contributed by atoms with E-state index < -0.39 is 0 Å². The average molecular weight is 309 g/mol. The predicted molar refractivity (Wildman–Crippen MR) is 83.2 cm³/mol. The molecule has 2 atom stereocenters. The lowest BCUT2D eigenvalue weighted by Crippen LogP contribution is -2.23. The summed E-state index contributed by atoms with van der Waals surface area (Å²) in [5.41, 5.74) is 0. The van der Waals surface area contributed by atoms with Gasteiger partial charge in [0.1, 0.15) is 0 Å². The van der Waals surface area contributed by atoms with Crippen molar-refractivity contribution >= 4 is 23.1 Å². The lowest BCUT2D eigenvalue weighted by Gasteiger charge is -2.27. The highest BCUT2D eigenvalue weighted by atomic mass is 32.2. The largest absolute Gasteiger partial charge is 0.381 e. The standard InChI is InChI=1S/C14H19N3OS2/c1-17-13(12-7-4-8-19-12)15-16-14(17)20-11-6-3-5-10(9-11)18-2/h4,7-8,10-11H,3,5-6,9H2,1-2H3. The lowest BCUT2D eigenvalue weighted by atomic mass is 9.97. The van der Waals surface area contributed by atoms with E-state index in [9.17, 15) is 0 Å². The van der Waals surface area contributed by atoms with Gasteiger partial charge in [-0.3, -0.25) is 0 Å². The molecule has 0 bridgehead atoms. The lowest BCUT2D eigenvalue weighted by molar-refractivity contribution is 0.0730. The molecule has 0 aliphatic heterocycles. The Hall–Kier alpha value is -0.850. The van der Waals surface area contributed by atoms with Crippen molar-refractivity contribution in [1.29, 1.82) is 0 Å². The highest BCUT2D eigenvalue weighted by Gasteiger charge is 2.24. The molecule has 2 heterocycles. The first-order valence-electron chi connectivity index (χ1n) is 6.90. The number of nitrogens with zero attached hydrogens (tertiary/aromatic N) is 3. The van der Waals surface area contributed by atoms with Crippen molar-refractivity contribution in [3.05, 3.63) is 17.5 Å². The fraction of sp³-hybridized carbons (Fsp3) is 0.571. The summed E-state index contributed by atoms with van der Waals surface area (Å²) in [4.78, 5) is 1.17. The molecular weight excluding hydrogens is 290 g/mol. The SMILES string of the molecule is COC1CCCC(Sc2nnc(-c3cccs3)n2C)C1. The van der Waals surface area contributed by atoms with E-state index in [-0.39, 0.29) is 0 Å². The Balaban J connectivity index is 1.72. The molecule has 0 amide bonds. The molecule has 0 N–H and O–H groups in total. The van der Waals surface area contributed by atoms with Crippen LogP contribution in [0.5, 0.6) is 0 Å². The van der Waals surface area contributed by atoms with Crippen molar-refractivity contribution < 1.29 is 4.74 Å². The second-order valence-electron chi connectivity index (χ2n) is 5.11. The number of hydrogen-bond donors (Lipinski definition) is 0. The number of thiophene rings is 1. The number of ether oxygens (including phenoxy) is 1. The fourth-order valence-corrected chi connectivity index (χ4v) is 4.58. The van der Waals surface area contributed by atoms with Crippen molar-refractivity contribution in [2.45, 2.75) is 42.2 Å². The molecule has 0 radical (unpaired) electrons. The summed E-state index contributed by atoms with van der Waals surface area (Å²) in [6.45, 7) is 0. The zero-order chi connectivity index (χ0) is 13.9. The van der Waals surface area contributed by atoms with E-state index >= 15 is 0 Å². The van der Waals surface area contributed by atoms with E-state index in [2.05, 4.69) is 26.2 Å². The molecule has 2 unspecified atom stereocenters. The normalized spacial score (nSPS) is 23.1. The summed E-state index contributed by atoms with van der Waals surface area (Å²) < 4.78 is 7.60. The molecule has 108 valence electrons. The van der Waals surface area contributed by atoms with Crippen molar-refractivity contribution in [2.24, 2.45) is 7.05 Å². The van der Waals surface area contributed by atoms with Crippen LogP contribution in [0.2, 0.25) is 0 Å². The maximum Gasteiger partial charge on any atom is 0.191 e. The molecule has 1 saturated carbocycles. The number of methoxy groups -OCH3 is 1. The van der Waals surface area contributed by atoms with Crippen LogP contribution in [0.1, 0.15) is 25.7 Å². The number of rotatable bonds is 4. The van der Waals surface area contributed by atoms with Crippen LogP contribution in [-0.4, -0.2) is 33.2 Å². The van der Waals surface area contributed by atoms with E-state index in [4.69, 9.17) is 4.74 Å². The van der Waals surface area contributed by atoms with Gasteiger partial charge in [-0.25, -0.2) is 0 Å². The minimum atomic E-state index is 0.409. The zero-order valence-electron chi connectivity index (χ0n) is 11.8. The minimum Gasteiger partial charge on any atom is -0.381 e. The van der Waals surface area contributed by atoms with Crippen molar-refractivity contribution in [3.8, 4) is 10.7 Å². The summed E-state index contributed by atoms with van der Waals surface area (Å²) in [5.74, 6) is 0.960. The third kappa shape index (κ3) is 2.92. The van der Waals surface area contributed by atoms with E-state index in [1.165, 1.54) is 24.1 Å². The molecule has 1 aliphatic carbocycles. The summed E-state index contributed by atoms with van der Waals surface area (Å²) in [6, 6.07) is 4.14. The smallest absolute Gasteiger partial charge is 0.191 e. The second-order valence-corrected chi connectivity index (χ2v) is 7.32. The molecule has 4 nitrogen and oxygen atoms in total. The first-order chi connectivity index (χ1) is 9.78. The predicted octanol–water partition coefficient (Wildman–Crippen LogP) is 3.59. The molecule has 2 aromatic heterocycles. The molecule has 20 heavy (non-hydrogen) atoms. The summed E-state index contributed by atoms with van der Waals surface area (Å²) in [6.07, 6.45) is 5.19. The van der Waals surface area contributed by atoms with E-state index in [0.717, 1.165) is 17.4 Å². The van der Waals surface area contributed by atoms with Gasteiger partial charge in [-0.15, -0.1) is 21.5 Å². The van der Waals surface area contributed by atoms with Gasteiger partial charge in [0.15, 0.2) is 11.0 Å². The molecule has 0 saturated heterocycles. The first kappa shape index (κ1) is 14.1. The molecule has 1 aliphatic rings. The van der Waals surface area contributed by atoms with Crippen molar-refractivity contribution in [2.75, 3.05) is 7.11 Å². The second kappa shape index (κ2) is 6.28. The Bertz CT molecular complexity index is 553. The third-order valence-corrected chi connectivity index (χ3v) is 5.95. The Labute approximate surface area is 127 Å². The summed E-state index contributed by atoms with van der Waals surface area (Å²) in [5, 5.41) is 12.4. The van der Waals surface area contributed by atoms with Crippen molar-refractivity contribution in [1.82, 2.24) is 14.8 Å². The van der Waals surface area contributed by atoms with Gasteiger partial charge < -0.3 is 9.30 Å². The van der Waals surface area contributed by atoms with Gasteiger partial charge in [0.05, 0.1) is 11.0 Å². The van der Waals surface area contributed by atoms with Crippen LogP contribution in [0.15, 0.2) is 22.7 Å². The Morgan fingerprint density at radius 3 is 3.05 bits per heavy atom. The van der Waals surface area contributed by atoms with Gasteiger partial charge in [0, 0.05) is 19.4 Å². The molecule has 3 rings (SSSR count). The van der Waals surface area contributed by atoms with Crippen LogP contribution in [-0.2, 0) is 11.8 Å². The van der Waals surface area contributed by atoms with Gasteiger partial charge in [-0.1, -0.05) is 17.8 Å². The monoisotopic (exact) mass is 309 g/mol. The van der Waals surface area contributed by atoms with Gasteiger partial charge >= 0.3 is 0 Å². The molecule has 2 aromatic rings. The maximum absolute atomic E-state index is 5.50. The van der Waals surface area contributed by atoms with Gasteiger partial charge in [-0.2, -0.15) is 0 Å². The quantitative estimate of drug-likeness (QED) is 0.865. The van der Waals surface area contributed by atoms with Crippen LogP contribution in [0.3, 0.4) is 0 Å². The van der Waals surface area contributed by atoms with E-state index in [1.54, 1.807) is 11.3 Å². The maximum atomic E-state index is 5.50. The first-order valence-corrected chi connectivity index (χ1v) is 8.66. The zero-order valence-corrected chi connectivity index (χ0v) is 13.4. The highest BCUT2D eigenvalue weighted by molar-refractivity contribution is 7.99. The van der Waals surface area contributed by atoms with Crippen LogP contribution in [0, 0.1) is 0 Å². The number of thioether (sulfide) groups is 1. The molecule has 6 heteroatoms. The fourth-order valence-electron chi connectivity index (χ4n) is 2.61. The topological polar surface area (TPSA) is 39.9 Å². The van der Waals surface area contributed by atoms with Crippen molar-refractivity contribution in [3.63, 3.8) is 0 Å². The van der Waals surface area contributed by atoms with Gasteiger partial charge in [-0.05, 0) is 37.1 Å². The number of aromatic nitrogens is 3. The van der Waals surface area contributed by atoms with Crippen LogP contribution >= 0.6 is 23.1 Å². The van der Waals surface area contributed by atoms with E-state index in [1.807, 2.05) is 32.0 Å². The molecule has 0 aromatic carbocycles. The van der Waals surface area contributed by atoms with Gasteiger partial charge in [0.2, 0.25) is 0 Å².